The number of hydrogen-bond donors (Lipinski definition) is 0. The molecule has 0 N–H and O–H groups in total. The Morgan fingerprint density at radius 1 is 1.15 bits per heavy atom. The molecule has 4 rings (SSSR count). The minimum absolute atomic E-state index is 0.115. The van der Waals surface area contributed by atoms with E-state index >= 15 is 0 Å². The second kappa shape index (κ2) is 6.76. The number of amides is 1. The van der Waals surface area contributed by atoms with E-state index in [0.717, 1.165) is 25.1 Å². The van der Waals surface area contributed by atoms with Crippen LogP contribution in [0.1, 0.15) is 39.0 Å². The number of methoxy groups -OCH3 is 1. The van der Waals surface area contributed by atoms with Gasteiger partial charge in [-0.05, 0) is 50.6 Å². The minimum Gasteiger partial charge on any atom is -0.497 e. The zero-order chi connectivity index (χ0) is 18.3. The molecule has 0 aromatic heterocycles. The third-order valence-electron chi connectivity index (χ3n) is 6.87. The van der Waals surface area contributed by atoms with Crippen molar-refractivity contribution >= 4 is 5.91 Å². The molecule has 0 unspecified atom stereocenters. The maximum Gasteiger partial charge on any atom is 0.261 e. The van der Waals surface area contributed by atoms with Crippen LogP contribution < -0.4 is 9.47 Å². The number of benzene rings is 1. The zero-order valence-corrected chi connectivity index (χ0v) is 16.1. The fraction of sp³-hybridized carbons (Fsp3) is 0.667. The lowest BCUT2D eigenvalue weighted by Crippen LogP contribution is -2.51. The highest BCUT2D eigenvalue weighted by Gasteiger charge is 2.58. The first-order valence-corrected chi connectivity index (χ1v) is 9.81. The van der Waals surface area contributed by atoms with Gasteiger partial charge in [-0.25, -0.2) is 0 Å². The van der Waals surface area contributed by atoms with E-state index in [1.165, 1.54) is 19.3 Å². The third kappa shape index (κ3) is 2.86. The highest BCUT2D eigenvalue weighted by atomic mass is 16.5. The Bertz CT molecular complexity index is 662. The van der Waals surface area contributed by atoms with Crippen LogP contribution in [0.15, 0.2) is 24.3 Å². The molecule has 3 aliphatic rings. The molecule has 1 aromatic rings. The molecule has 5 heteroatoms. The van der Waals surface area contributed by atoms with Gasteiger partial charge in [0.05, 0.1) is 7.11 Å². The van der Waals surface area contributed by atoms with Crippen LogP contribution in [-0.2, 0) is 4.79 Å². The number of likely N-dealkylation sites (N-methyl/N-ethyl adjacent to an activating group) is 1. The minimum atomic E-state index is 0.115. The third-order valence-corrected chi connectivity index (χ3v) is 6.87. The number of carbonyl (C=O) groups is 1. The van der Waals surface area contributed by atoms with Crippen molar-refractivity contribution in [1.82, 2.24) is 9.80 Å². The van der Waals surface area contributed by atoms with Gasteiger partial charge < -0.3 is 19.3 Å². The highest BCUT2D eigenvalue weighted by Crippen LogP contribution is 2.52. The van der Waals surface area contributed by atoms with Crippen LogP contribution in [0.5, 0.6) is 11.5 Å². The van der Waals surface area contributed by atoms with Gasteiger partial charge in [-0.3, -0.25) is 4.79 Å². The second-order valence-corrected chi connectivity index (χ2v) is 8.38. The molecular formula is C21H30N2O3. The van der Waals surface area contributed by atoms with E-state index in [1.807, 2.05) is 24.3 Å². The normalized spacial score (nSPS) is 33.7. The molecule has 26 heavy (non-hydrogen) atoms. The van der Waals surface area contributed by atoms with E-state index in [4.69, 9.17) is 9.47 Å². The molecule has 0 radical (unpaired) electrons. The predicted molar refractivity (Wildman–Crippen MR) is 101 cm³/mol. The number of hydrogen-bond acceptors (Lipinski definition) is 4. The Labute approximate surface area is 156 Å². The molecule has 1 amide bonds. The fourth-order valence-electron chi connectivity index (χ4n) is 5.75. The van der Waals surface area contributed by atoms with Crippen LogP contribution in [0.25, 0.3) is 0 Å². The molecule has 3 fully saturated rings. The molecule has 142 valence electrons. The summed E-state index contributed by atoms with van der Waals surface area (Å²) in [5, 5.41) is 0. The summed E-state index contributed by atoms with van der Waals surface area (Å²) in [6.45, 7) is 3.52. The van der Waals surface area contributed by atoms with Gasteiger partial charge >= 0.3 is 0 Å². The van der Waals surface area contributed by atoms with Crippen molar-refractivity contribution in [1.29, 1.82) is 0 Å². The number of likely N-dealkylation sites (tertiary alicyclic amines) is 2. The summed E-state index contributed by atoms with van der Waals surface area (Å²) in [6, 6.07) is 8.71. The van der Waals surface area contributed by atoms with Gasteiger partial charge in [0.15, 0.2) is 6.61 Å². The first-order valence-electron chi connectivity index (χ1n) is 9.81. The monoisotopic (exact) mass is 358 g/mol. The van der Waals surface area contributed by atoms with Crippen molar-refractivity contribution in [3.05, 3.63) is 24.3 Å². The Balaban J connectivity index is 1.48. The largest absolute Gasteiger partial charge is 0.497 e. The first kappa shape index (κ1) is 17.7. The van der Waals surface area contributed by atoms with E-state index in [-0.39, 0.29) is 17.9 Å². The quantitative estimate of drug-likeness (QED) is 0.830. The van der Waals surface area contributed by atoms with Crippen LogP contribution in [0.3, 0.4) is 0 Å². The van der Waals surface area contributed by atoms with E-state index in [0.29, 0.717) is 23.9 Å². The Kier molecular flexibility index (Phi) is 4.59. The summed E-state index contributed by atoms with van der Waals surface area (Å²) in [4.78, 5) is 17.8. The Morgan fingerprint density at radius 3 is 2.50 bits per heavy atom. The van der Waals surface area contributed by atoms with Gasteiger partial charge in [0.1, 0.15) is 11.5 Å². The van der Waals surface area contributed by atoms with Gasteiger partial charge in [-0.1, -0.05) is 19.8 Å². The van der Waals surface area contributed by atoms with Crippen molar-refractivity contribution in [3.63, 3.8) is 0 Å². The molecule has 1 saturated carbocycles. The van der Waals surface area contributed by atoms with Crippen molar-refractivity contribution < 1.29 is 14.3 Å². The lowest BCUT2D eigenvalue weighted by atomic mass is 9.71. The average Bonchev–Trinajstić information content (AvgIpc) is 2.75. The first-order chi connectivity index (χ1) is 12.5. The predicted octanol–water partition coefficient (Wildman–Crippen LogP) is 2.94. The molecule has 1 aliphatic carbocycles. The fourth-order valence-corrected chi connectivity index (χ4v) is 5.75. The van der Waals surface area contributed by atoms with Gasteiger partial charge in [-0.2, -0.15) is 0 Å². The number of rotatable bonds is 4. The van der Waals surface area contributed by atoms with E-state index < -0.39 is 0 Å². The number of fused-ring (bicyclic) bond motifs is 1. The molecule has 2 heterocycles. The van der Waals surface area contributed by atoms with Crippen LogP contribution in [0.2, 0.25) is 0 Å². The van der Waals surface area contributed by atoms with Crippen LogP contribution in [0.4, 0.5) is 0 Å². The average molecular weight is 358 g/mol. The lowest BCUT2D eigenvalue weighted by Gasteiger charge is -2.44. The topological polar surface area (TPSA) is 42.0 Å². The maximum absolute atomic E-state index is 13.1. The van der Waals surface area contributed by atoms with Crippen LogP contribution in [0, 0.1) is 5.41 Å². The van der Waals surface area contributed by atoms with Crippen molar-refractivity contribution in [2.45, 2.75) is 57.2 Å². The molecule has 0 spiro atoms. The molecule has 2 aliphatic heterocycles. The summed E-state index contributed by atoms with van der Waals surface area (Å²) in [7, 11) is 3.88. The molecule has 5 nitrogen and oxygen atoms in total. The Morgan fingerprint density at radius 2 is 1.81 bits per heavy atom. The van der Waals surface area contributed by atoms with Crippen LogP contribution >= 0.6 is 0 Å². The summed E-state index contributed by atoms with van der Waals surface area (Å²) >= 11 is 0. The molecule has 4 atom stereocenters. The SMILES string of the molecule is COc1ccc(OCC(=O)N2[C@@H]3CN(C)[C@@H]4CCCC[C@H]2[C@]4(C)C3)cc1. The highest BCUT2D eigenvalue weighted by molar-refractivity contribution is 5.79. The smallest absolute Gasteiger partial charge is 0.261 e. The lowest BCUT2D eigenvalue weighted by molar-refractivity contribution is -0.136. The van der Waals surface area contributed by atoms with Gasteiger partial charge in [-0.15, -0.1) is 0 Å². The summed E-state index contributed by atoms with van der Waals surface area (Å²) in [5.41, 5.74) is 0.226. The second-order valence-electron chi connectivity index (χ2n) is 8.38. The zero-order valence-electron chi connectivity index (χ0n) is 16.1. The number of ether oxygens (including phenoxy) is 2. The van der Waals surface area contributed by atoms with Gasteiger partial charge in [0.2, 0.25) is 0 Å². The molecule has 1 aromatic carbocycles. The summed E-state index contributed by atoms with van der Waals surface area (Å²) in [5.74, 6) is 1.64. The molecule has 2 saturated heterocycles. The summed E-state index contributed by atoms with van der Waals surface area (Å²) in [6.07, 6.45) is 6.03. The standard InChI is InChI=1S/C21H30N2O3/c1-21-12-15-13-22(2)18(21)6-4-5-7-19(21)23(15)20(24)14-26-17-10-8-16(25-3)9-11-17/h8-11,15,18-19H,4-7,12-14H2,1-3H3/t15-,18+,19-,21+/m0/s1. The van der Waals surface area contributed by atoms with E-state index in [9.17, 15) is 4.79 Å². The molecule has 2 bridgehead atoms. The number of nitrogens with zero attached hydrogens (tertiary/aromatic N) is 2. The Hall–Kier alpha value is -1.75. The van der Waals surface area contributed by atoms with E-state index in [2.05, 4.69) is 23.8 Å². The van der Waals surface area contributed by atoms with Crippen molar-refractivity contribution in [2.75, 3.05) is 27.3 Å². The molecular weight excluding hydrogens is 328 g/mol. The van der Waals surface area contributed by atoms with Crippen molar-refractivity contribution in [3.8, 4) is 11.5 Å². The van der Waals surface area contributed by atoms with Crippen molar-refractivity contribution in [2.24, 2.45) is 5.41 Å². The van der Waals surface area contributed by atoms with Crippen LogP contribution in [-0.4, -0.2) is 61.1 Å². The number of piperidine rings is 1. The van der Waals surface area contributed by atoms with Gasteiger partial charge in [0, 0.05) is 30.1 Å². The summed E-state index contributed by atoms with van der Waals surface area (Å²) < 4.78 is 11.0. The maximum atomic E-state index is 13.1. The number of carbonyl (C=O) groups excluding carboxylic acids is 1. The van der Waals surface area contributed by atoms with E-state index in [1.54, 1.807) is 7.11 Å². The van der Waals surface area contributed by atoms with Gasteiger partial charge in [0.25, 0.3) is 5.91 Å².